The van der Waals surface area contributed by atoms with E-state index in [0.29, 0.717) is 0 Å². The number of nitrogens with one attached hydrogen (secondary N) is 3. The Morgan fingerprint density at radius 1 is 0.828 bits per heavy atom. The lowest BCUT2D eigenvalue weighted by atomic mass is 9.98. The van der Waals surface area contributed by atoms with Crippen molar-refractivity contribution in [3.8, 4) is 0 Å². The third-order valence-corrected chi connectivity index (χ3v) is 5.12. The Morgan fingerprint density at radius 3 is 1.97 bits per heavy atom. The molecule has 0 aliphatic carbocycles. The summed E-state index contributed by atoms with van der Waals surface area (Å²) in [5.41, 5.74) is 2.20. The van der Waals surface area contributed by atoms with Gasteiger partial charge < -0.3 is 16.0 Å². The molecule has 1 unspecified atom stereocenters. The van der Waals surface area contributed by atoms with Crippen LogP contribution >= 0.6 is 0 Å². The van der Waals surface area contributed by atoms with Gasteiger partial charge in [0.15, 0.2) is 0 Å². The van der Waals surface area contributed by atoms with E-state index in [9.17, 15) is 4.79 Å². The molecule has 0 bridgehead atoms. The first-order valence-corrected chi connectivity index (χ1v) is 11.1. The average molecular weight is 396 g/mol. The van der Waals surface area contributed by atoms with Crippen molar-refractivity contribution in [2.75, 3.05) is 19.6 Å². The van der Waals surface area contributed by atoms with Gasteiger partial charge in [-0.1, -0.05) is 87.4 Å². The first-order valence-electron chi connectivity index (χ1n) is 11.1. The van der Waals surface area contributed by atoms with Crippen molar-refractivity contribution in [2.45, 2.75) is 58.0 Å². The predicted octanol–water partition coefficient (Wildman–Crippen LogP) is 4.43. The Hall–Kier alpha value is -2.17. The third-order valence-electron chi connectivity index (χ3n) is 5.12. The van der Waals surface area contributed by atoms with Crippen LogP contribution < -0.4 is 16.0 Å². The van der Waals surface area contributed by atoms with Gasteiger partial charge in [0.2, 0.25) is 5.91 Å². The van der Waals surface area contributed by atoms with Crippen LogP contribution in [-0.4, -0.2) is 31.6 Å². The highest BCUT2D eigenvalue weighted by atomic mass is 16.2. The molecule has 0 radical (unpaired) electrons. The summed E-state index contributed by atoms with van der Waals surface area (Å²) in [5, 5.41) is 10.1. The maximum atomic E-state index is 13.1. The number of carbonyl (C=O) groups excluding carboxylic acids is 1. The standard InChI is InChI=1S/C25H37N3O/c1-3-5-19-26-20-13-12-18-23(27-4-2)25(29)28-24(21-14-8-6-9-15-21)22-16-10-7-11-17-22/h6-11,14-17,23-24,26-27H,3-5,12-13,18-20H2,1-2H3,(H,28,29). The van der Waals surface area contributed by atoms with E-state index in [1.807, 2.05) is 36.4 Å². The van der Waals surface area contributed by atoms with Crippen LogP contribution in [0.1, 0.15) is 63.1 Å². The number of unbranched alkanes of at least 4 members (excludes halogenated alkanes) is 2. The monoisotopic (exact) mass is 395 g/mol. The van der Waals surface area contributed by atoms with E-state index in [0.717, 1.165) is 50.0 Å². The first-order chi connectivity index (χ1) is 14.3. The molecule has 0 saturated carbocycles. The van der Waals surface area contributed by atoms with Crippen molar-refractivity contribution in [3.63, 3.8) is 0 Å². The molecular weight excluding hydrogens is 358 g/mol. The summed E-state index contributed by atoms with van der Waals surface area (Å²) in [6.45, 7) is 7.16. The van der Waals surface area contributed by atoms with Crippen LogP contribution in [0.4, 0.5) is 0 Å². The van der Waals surface area contributed by atoms with E-state index >= 15 is 0 Å². The normalized spacial score (nSPS) is 12.1. The van der Waals surface area contributed by atoms with Gasteiger partial charge >= 0.3 is 0 Å². The Balaban J connectivity index is 1.96. The fourth-order valence-corrected chi connectivity index (χ4v) is 3.49. The second kappa shape index (κ2) is 13.9. The minimum absolute atomic E-state index is 0.0727. The molecule has 1 amide bonds. The van der Waals surface area contributed by atoms with Gasteiger partial charge in [0.25, 0.3) is 0 Å². The smallest absolute Gasteiger partial charge is 0.237 e. The maximum absolute atomic E-state index is 13.1. The highest BCUT2D eigenvalue weighted by molar-refractivity contribution is 5.82. The molecule has 3 N–H and O–H groups in total. The van der Waals surface area contributed by atoms with E-state index in [4.69, 9.17) is 0 Å². The third kappa shape index (κ3) is 8.38. The molecule has 4 nitrogen and oxygen atoms in total. The summed E-state index contributed by atoms with van der Waals surface area (Å²) in [6.07, 6.45) is 5.43. The number of rotatable bonds is 14. The summed E-state index contributed by atoms with van der Waals surface area (Å²) < 4.78 is 0. The van der Waals surface area contributed by atoms with Crippen LogP contribution in [0.15, 0.2) is 60.7 Å². The highest BCUT2D eigenvalue weighted by Gasteiger charge is 2.22. The first kappa shape index (κ1) is 23.1. The highest BCUT2D eigenvalue weighted by Crippen LogP contribution is 2.22. The quantitative estimate of drug-likeness (QED) is 0.415. The average Bonchev–Trinajstić information content (AvgIpc) is 2.77. The predicted molar refractivity (Wildman–Crippen MR) is 122 cm³/mol. The molecule has 2 aromatic rings. The van der Waals surface area contributed by atoms with E-state index in [2.05, 4.69) is 54.1 Å². The molecule has 4 heteroatoms. The van der Waals surface area contributed by atoms with Gasteiger partial charge in [-0.15, -0.1) is 0 Å². The molecule has 0 aliphatic rings. The Kier molecular flexibility index (Phi) is 11.1. The Morgan fingerprint density at radius 2 is 1.41 bits per heavy atom. The zero-order valence-corrected chi connectivity index (χ0v) is 18.0. The maximum Gasteiger partial charge on any atom is 0.237 e. The lowest BCUT2D eigenvalue weighted by Gasteiger charge is -2.24. The lowest BCUT2D eigenvalue weighted by Crippen LogP contribution is -2.45. The molecule has 0 fully saturated rings. The molecule has 1 atom stereocenters. The molecule has 0 spiro atoms. The van der Waals surface area contributed by atoms with Crippen LogP contribution in [-0.2, 0) is 4.79 Å². The zero-order valence-electron chi connectivity index (χ0n) is 18.0. The van der Waals surface area contributed by atoms with Crippen molar-refractivity contribution in [1.29, 1.82) is 0 Å². The van der Waals surface area contributed by atoms with Crippen molar-refractivity contribution in [2.24, 2.45) is 0 Å². The summed E-state index contributed by atoms with van der Waals surface area (Å²) in [7, 11) is 0. The second-order valence-electron chi connectivity index (χ2n) is 7.47. The van der Waals surface area contributed by atoms with Gasteiger partial charge in [-0.2, -0.15) is 0 Å². The second-order valence-corrected chi connectivity index (χ2v) is 7.47. The Bertz CT molecular complexity index is 635. The van der Waals surface area contributed by atoms with Crippen molar-refractivity contribution in [3.05, 3.63) is 71.8 Å². The molecule has 158 valence electrons. The minimum atomic E-state index is -0.162. The number of likely N-dealkylation sites (N-methyl/N-ethyl adjacent to an activating group) is 1. The molecular formula is C25H37N3O. The van der Waals surface area contributed by atoms with Gasteiger partial charge in [-0.3, -0.25) is 4.79 Å². The zero-order chi connectivity index (χ0) is 20.7. The number of hydrogen-bond donors (Lipinski definition) is 3. The van der Waals surface area contributed by atoms with Crippen molar-refractivity contribution in [1.82, 2.24) is 16.0 Å². The number of carbonyl (C=O) groups is 1. The van der Waals surface area contributed by atoms with Gasteiger partial charge in [-0.25, -0.2) is 0 Å². The van der Waals surface area contributed by atoms with Crippen LogP contribution in [0.5, 0.6) is 0 Å². The van der Waals surface area contributed by atoms with E-state index in [-0.39, 0.29) is 18.0 Å². The number of amides is 1. The Labute approximate surface area is 176 Å². The lowest BCUT2D eigenvalue weighted by molar-refractivity contribution is -0.123. The molecule has 2 aromatic carbocycles. The summed E-state index contributed by atoms with van der Waals surface area (Å²) in [5.74, 6) is 0.0727. The van der Waals surface area contributed by atoms with Gasteiger partial charge in [0.05, 0.1) is 12.1 Å². The molecule has 0 heterocycles. The summed E-state index contributed by atoms with van der Waals surface area (Å²) in [4.78, 5) is 13.1. The van der Waals surface area contributed by atoms with Crippen molar-refractivity contribution >= 4 is 5.91 Å². The molecule has 0 aromatic heterocycles. The minimum Gasteiger partial charge on any atom is -0.344 e. The van der Waals surface area contributed by atoms with Gasteiger partial charge in [0.1, 0.15) is 0 Å². The van der Waals surface area contributed by atoms with Crippen molar-refractivity contribution < 1.29 is 4.79 Å². The largest absolute Gasteiger partial charge is 0.344 e. The summed E-state index contributed by atoms with van der Waals surface area (Å²) >= 11 is 0. The van der Waals surface area contributed by atoms with Crippen LogP contribution in [0.25, 0.3) is 0 Å². The SMILES string of the molecule is CCCCNCCCCC(NCC)C(=O)NC(c1ccccc1)c1ccccc1. The number of hydrogen-bond acceptors (Lipinski definition) is 3. The van der Waals surface area contributed by atoms with Crippen LogP contribution in [0.2, 0.25) is 0 Å². The topological polar surface area (TPSA) is 53.2 Å². The van der Waals surface area contributed by atoms with E-state index in [1.165, 1.54) is 12.8 Å². The van der Waals surface area contributed by atoms with Crippen LogP contribution in [0, 0.1) is 0 Å². The molecule has 0 aliphatic heterocycles. The van der Waals surface area contributed by atoms with Gasteiger partial charge in [-0.05, 0) is 50.0 Å². The summed E-state index contributed by atoms with van der Waals surface area (Å²) in [6, 6.07) is 20.1. The molecule has 29 heavy (non-hydrogen) atoms. The fraction of sp³-hybridized carbons (Fsp3) is 0.480. The molecule has 0 saturated heterocycles. The van der Waals surface area contributed by atoms with E-state index in [1.54, 1.807) is 0 Å². The molecule has 2 rings (SSSR count). The van der Waals surface area contributed by atoms with Crippen LogP contribution in [0.3, 0.4) is 0 Å². The van der Waals surface area contributed by atoms with E-state index < -0.39 is 0 Å². The number of benzene rings is 2. The fourth-order valence-electron chi connectivity index (χ4n) is 3.49. The van der Waals surface area contributed by atoms with Gasteiger partial charge in [0, 0.05) is 0 Å².